The van der Waals surface area contributed by atoms with Crippen LogP contribution in [0.25, 0.3) is 0 Å². The fourth-order valence-corrected chi connectivity index (χ4v) is 1.75. The summed E-state index contributed by atoms with van der Waals surface area (Å²) in [6.07, 6.45) is 6.86. The molecule has 5 heteroatoms. The first-order chi connectivity index (χ1) is 9.36. The predicted octanol–water partition coefficient (Wildman–Crippen LogP) is 3.34. The summed E-state index contributed by atoms with van der Waals surface area (Å²) < 4.78 is 0. The van der Waals surface area contributed by atoms with Gasteiger partial charge in [0.25, 0.3) is 0 Å². The van der Waals surface area contributed by atoms with E-state index in [-0.39, 0.29) is 24.0 Å². The van der Waals surface area contributed by atoms with Crippen molar-refractivity contribution in [2.24, 2.45) is 4.99 Å². The fourth-order valence-electron chi connectivity index (χ4n) is 1.75. The molecular formula is C15H27IN4. The summed E-state index contributed by atoms with van der Waals surface area (Å²) in [4.78, 5) is 8.80. The largest absolute Gasteiger partial charge is 0.357 e. The molecule has 1 heterocycles. The smallest absolute Gasteiger partial charge is 0.191 e. The summed E-state index contributed by atoms with van der Waals surface area (Å²) in [6.45, 7) is 6.78. The van der Waals surface area contributed by atoms with E-state index in [1.165, 1.54) is 25.7 Å². The van der Waals surface area contributed by atoms with E-state index in [2.05, 4.69) is 34.5 Å². The van der Waals surface area contributed by atoms with Crippen molar-refractivity contribution in [2.75, 3.05) is 13.1 Å². The lowest BCUT2D eigenvalue weighted by Gasteiger charge is -2.10. The third kappa shape index (κ3) is 9.12. The van der Waals surface area contributed by atoms with Crippen molar-refractivity contribution in [1.29, 1.82) is 0 Å². The van der Waals surface area contributed by atoms with Gasteiger partial charge in [-0.1, -0.05) is 32.3 Å². The SMILES string of the molecule is CCCCCCNC(=NCc1ccccn1)NCC.I. The number of hydrogen-bond acceptors (Lipinski definition) is 2. The maximum atomic E-state index is 4.53. The number of halogens is 1. The first kappa shape index (κ1) is 19.1. The van der Waals surface area contributed by atoms with Gasteiger partial charge >= 0.3 is 0 Å². The van der Waals surface area contributed by atoms with E-state index in [1.807, 2.05) is 18.2 Å². The van der Waals surface area contributed by atoms with Gasteiger partial charge in [-0.05, 0) is 25.5 Å². The Kier molecular flexibility index (Phi) is 12.6. The van der Waals surface area contributed by atoms with E-state index in [4.69, 9.17) is 0 Å². The molecule has 0 aliphatic carbocycles. The minimum atomic E-state index is 0. The number of aliphatic imine (C=N–C) groups is 1. The molecule has 0 atom stereocenters. The summed E-state index contributed by atoms with van der Waals surface area (Å²) >= 11 is 0. The Morgan fingerprint density at radius 1 is 1.15 bits per heavy atom. The first-order valence-electron chi connectivity index (χ1n) is 7.29. The minimum Gasteiger partial charge on any atom is -0.357 e. The van der Waals surface area contributed by atoms with Crippen LogP contribution < -0.4 is 10.6 Å². The molecule has 114 valence electrons. The highest BCUT2D eigenvalue weighted by atomic mass is 127. The monoisotopic (exact) mass is 390 g/mol. The Morgan fingerprint density at radius 2 is 2.00 bits per heavy atom. The van der Waals surface area contributed by atoms with E-state index < -0.39 is 0 Å². The molecule has 20 heavy (non-hydrogen) atoms. The summed E-state index contributed by atoms with van der Waals surface area (Å²) in [5, 5.41) is 6.62. The number of aromatic nitrogens is 1. The highest BCUT2D eigenvalue weighted by Crippen LogP contribution is 1.98. The van der Waals surface area contributed by atoms with Gasteiger partial charge < -0.3 is 10.6 Å². The second-order valence-corrected chi connectivity index (χ2v) is 4.50. The van der Waals surface area contributed by atoms with Crippen molar-refractivity contribution in [3.8, 4) is 0 Å². The van der Waals surface area contributed by atoms with E-state index >= 15 is 0 Å². The van der Waals surface area contributed by atoms with Gasteiger partial charge in [0.05, 0.1) is 12.2 Å². The van der Waals surface area contributed by atoms with Gasteiger partial charge in [-0.2, -0.15) is 0 Å². The quantitative estimate of drug-likeness (QED) is 0.310. The normalized spacial score (nSPS) is 10.8. The lowest BCUT2D eigenvalue weighted by molar-refractivity contribution is 0.647. The van der Waals surface area contributed by atoms with Gasteiger partial charge in [0.1, 0.15) is 0 Å². The average Bonchev–Trinajstić information content (AvgIpc) is 2.45. The zero-order valence-electron chi connectivity index (χ0n) is 12.6. The average molecular weight is 390 g/mol. The molecule has 0 unspecified atom stereocenters. The Balaban J connectivity index is 0.00000361. The van der Waals surface area contributed by atoms with Crippen LogP contribution >= 0.6 is 24.0 Å². The van der Waals surface area contributed by atoms with Crippen LogP contribution in [0.1, 0.15) is 45.2 Å². The van der Waals surface area contributed by atoms with Crippen molar-refractivity contribution in [3.63, 3.8) is 0 Å². The van der Waals surface area contributed by atoms with Crippen LogP contribution in [0.5, 0.6) is 0 Å². The highest BCUT2D eigenvalue weighted by Gasteiger charge is 1.97. The number of nitrogens with one attached hydrogen (secondary N) is 2. The Bertz CT molecular complexity index is 354. The third-order valence-electron chi connectivity index (χ3n) is 2.79. The van der Waals surface area contributed by atoms with E-state index in [9.17, 15) is 0 Å². The van der Waals surface area contributed by atoms with E-state index in [0.29, 0.717) is 6.54 Å². The molecule has 1 aromatic heterocycles. The van der Waals surface area contributed by atoms with Gasteiger partial charge in [0.2, 0.25) is 0 Å². The van der Waals surface area contributed by atoms with Crippen molar-refractivity contribution in [3.05, 3.63) is 30.1 Å². The van der Waals surface area contributed by atoms with Crippen LogP contribution in [0.15, 0.2) is 29.4 Å². The van der Waals surface area contributed by atoms with Crippen LogP contribution in [-0.4, -0.2) is 24.0 Å². The van der Waals surface area contributed by atoms with Gasteiger partial charge in [-0.25, -0.2) is 4.99 Å². The number of nitrogens with zero attached hydrogens (tertiary/aromatic N) is 2. The molecule has 0 bridgehead atoms. The maximum Gasteiger partial charge on any atom is 0.191 e. The Hall–Kier alpha value is -0.850. The molecule has 1 aromatic rings. The molecule has 0 spiro atoms. The zero-order chi connectivity index (χ0) is 13.8. The molecule has 0 radical (unpaired) electrons. The minimum absolute atomic E-state index is 0. The molecule has 4 nitrogen and oxygen atoms in total. The molecular weight excluding hydrogens is 363 g/mol. The second-order valence-electron chi connectivity index (χ2n) is 4.50. The zero-order valence-corrected chi connectivity index (χ0v) is 14.9. The van der Waals surface area contributed by atoms with Crippen LogP contribution in [0.4, 0.5) is 0 Å². The number of guanidine groups is 1. The van der Waals surface area contributed by atoms with E-state index in [1.54, 1.807) is 6.20 Å². The Morgan fingerprint density at radius 3 is 2.65 bits per heavy atom. The van der Waals surface area contributed by atoms with Crippen LogP contribution in [-0.2, 0) is 6.54 Å². The van der Waals surface area contributed by atoms with Crippen molar-refractivity contribution in [2.45, 2.75) is 46.1 Å². The molecule has 2 N–H and O–H groups in total. The molecule has 0 amide bonds. The predicted molar refractivity (Wildman–Crippen MR) is 96.6 cm³/mol. The van der Waals surface area contributed by atoms with Gasteiger partial charge in [-0.3, -0.25) is 4.98 Å². The standard InChI is InChI=1S/C15H26N4.HI/c1-3-5-6-8-12-18-15(16-4-2)19-13-14-10-7-9-11-17-14;/h7,9-11H,3-6,8,12-13H2,1-2H3,(H2,16,18,19);1H. The van der Waals surface area contributed by atoms with Crippen LogP contribution in [0.2, 0.25) is 0 Å². The molecule has 0 saturated heterocycles. The molecule has 1 rings (SSSR count). The molecule has 0 aliphatic rings. The summed E-state index contributed by atoms with van der Waals surface area (Å²) in [7, 11) is 0. The summed E-state index contributed by atoms with van der Waals surface area (Å²) in [5.41, 5.74) is 0.991. The molecule has 0 aliphatic heterocycles. The van der Waals surface area contributed by atoms with Crippen molar-refractivity contribution < 1.29 is 0 Å². The molecule has 0 aromatic carbocycles. The summed E-state index contributed by atoms with van der Waals surface area (Å²) in [5.74, 6) is 0.879. The maximum absolute atomic E-state index is 4.53. The second kappa shape index (κ2) is 13.1. The number of unbranched alkanes of at least 4 members (excludes halogenated alkanes) is 3. The first-order valence-corrected chi connectivity index (χ1v) is 7.29. The lowest BCUT2D eigenvalue weighted by Crippen LogP contribution is -2.37. The van der Waals surface area contributed by atoms with Crippen LogP contribution in [0.3, 0.4) is 0 Å². The third-order valence-corrected chi connectivity index (χ3v) is 2.79. The fraction of sp³-hybridized carbons (Fsp3) is 0.600. The number of rotatable bonds is 8. The Labute approximate surface area is 139 Å². The molecule has 0 saturated carbocycles. The summed E-state index contributed by atoms with van der Waals surface area (Å²) in [6, 6.07) is 5.90. The number of pyridine rings is 1. The van der Waals surface area contributed by atoms with Gasteiger partial charge in [-0.15, -0.1) is 24.0 Å². The number of hydrogen-bond donors (Lipinski definition) is 2. The topological polar surface area (TPSA) is 49.3 Å². The van der Waals surface area contributed by atoms with Crippen molar-refractivity contribution in [1.82, 2.24) is 15.6 Å². The van der Waals surface area contributed by atoms with Crippen LogP contribution in [0, 0.1) is 0 Å². The van der Waals surface area contributed by atoms with E-state index in [0.717, 1.165) is 24.7 Å². The van der Waals surface area contributed by atoms with Crippen molar-refractivity contribution >= 4 is 29.9 Å². The highest BCUT2D eigenvalue weighted by molar-refractivity contribution is 14.0. The van der Waals surface area contributed by atoms with Gasteiger partial charge in [0.15, 0.2) is 5.96 Å². The van der Waals surface area contributed by atoms with Gasteiger partial charge in [0, 0.05) is 19.3 Å². The lowest BCUT2D eigenvalue weighted by atomic mass is 10.2. The molecule has 0 fully saturated rings.